The molecule has 2 N–H and O–H groups in total. The molecule has 1 saturated heterocycles. The monoisotopic (exact) mass is 262 g/mol. The van der Waals surface area contributed by atoms with Crippen molar-refractivity contribution in [3.8, 4) is 0 Å². The highest BCUT2D eigenvalue weighted by molar-refractivity contribution is 5.98. The van der Waals surface area contributed by atoms with Crippen LogP contribution in [0.5, 0.6) is 0 Å². The predicted octanol–water partition coefficient (Wildman–Crippen LogP) is 1.04. The molecule has 0 aromatic heterocycles. The van der Waals surface area contributed by atoms with Crippen LogP contribution < -0.4 is 5.73 Å². The van der Waals surface area contributed by atoms with Crippen molar-refractivity contribution >= 4 is 11.9 Å². The molecule has 1 amide bonds. The lowest BCUT2D eigenvalue weighted by Crippen LogP contribution is -2.45. The van der Waals surface area contributed by atoms with E-state index in [-0.39, 0.29) is 11.9 Å². The highest BCUT2D eigenvalue weighted by Crippen LogP contribution is 2.14. The Kier molecular flexibility index (Phi) is 4.16. The summed E-state index contributed by atoms with van der Waals surface area (Å²) in [5.41, 5.74) is 6.75. The van der Waals surface area contributed by atoms with Gasteiger partial charge in [-0.05, 0) is 31.0 Å². The number of benzene rings is 1. The molecule has 0 unspecified atom stereocenters. The number of carbonyl (C=O) groups excluding carboxylic acids is 2. The van der Waals surface area contributed by atoms with Crippen molar-refractivity contribution in [1.29, 1.82) is 0 Å². The van der Waals surface area contributed by atoms with Crippen LogP contribution in [0.25, 0.3) is 0 Å². The molecule has 0 bridgehead atoms. The van der Waals surface area contributed by atoms with Crippen LogP contribution in [0.2, 0.25) is 0 Å². The van der Waals surface area contributed by atoms with Gasteiger partial charge in [-0.3, -0.25) is 4.79 Å². The van der Waals surface area contributed by atoms with Crippen molar-refractivity contribution in [3.05, 3.63) is 35.4 Å². The number of rotatable bonds is 2. The predicted molar refractivity (Wildman–Crippen MR) is 70.9 cm³/mol. The molecular weight excluding hydrogens is 244 g/mol. The maximum Gasteiger partial charge on any atom is 0.337 e. The van der Waals surface area contributed by atoms with E-state index in [0.717, 1.165) is 19.4 Å². The van der Waals surface area contributed by atoms with Gasteiger partial charge in [0.15, 0.2) is 0 Å². The zero-order valence-corrected chi connectivity index (χ0v) is 11.0. The number of esters is 1. The molecule has 1 aromatic rings. The Bertz CT molecular complexity index is 487. The maximum absolute atomic E-state index is 12.3. The number of nitrogens with two attached hydrogens (primary N) is 1. The molecule has 1 heterocycles. The second-order valence-electron chi connectivity index (χ2n) is 4.73. The summed E-state index contributed by atoms with van der Waals surface area (Å²) in [6.45, 7) is 1.29. The third-order valence-electron chi connectivity index (χ3n) is 3.28. The molecule has 19 heavy (non-hydrogen) atoms. The summed E-state index contributed by atoms with van der Waals surface area (Å²) in [7, 11) is 1.32. The Labute approximate surface area is 112 Å². The number of ether oxygens (including phenoxy) is 1. The first kappa shape index (κ1) is 13.5. The number of carbonyl (C=O) groups is 2. The summed E-state index contributed by atoms with van der Waals surface area (Å²) < 4.78 is 4.65. The second-order valence-corrected chi connectivity index (χ2v) is 4.73. The van der Waals surface area contributed by atoms with Crippen LogP contribution in [0.4, 0.5) is 0 Å². The maximum atomic E-state index is 12.3. The standard InChI is InChI=1S/C14H18N2O3/c1-19-14(18)11-5-2-4-10(8-11)13(17)16-7-3-6-12(15)9-16/h2,4-5,8,12H,3,6-7,9,15H2,1H3/t12-/m0/s1. The van der Waals surface area contributed by atoms with Crippen LogP contribution in [0.1, 0.15) is 33.6 Å². The molecule has 0 aliphatic carbocycles. The Morgan fingerprint density at radius 1 is 1.37 bits per heavy atom. The van der Waals surface area contributed by atoms with Crippen LogP contribution in [0, 0.1) is 0 Å². The van der Waals surface area contributed by atoms with Gasteiger partial charge in [0, 0.05) is 24.7 Å². The quantitative estimate of drug-likeness (QED) is 0.808. The van der Waals surface area contributed by atoms with E-state index in [2.05, 4.69) is 4.74 Å². The van der Waals surface area contributed by atoms with Gasteiger partial charge in [0.1, 0.15) is 0 Å². The van der Waals surface area contributed by atoms with Crippen LogP contribution in [0.3, 0.4) is 0 Å². The van der Waals surface area contributed by atoms with E-state index in [1.54, 1.807) is 29.2 Å². The van der Waals surface area contributed by atoms with Gasteiger partial charge in [-0.25, -0.2) is 4.79 Å². The van der Waals surface area contributed by atoms with Gasteiger partial charge in [-0.2, -0.15) is 0 Å². The first-order valence-corrected chi connectivity index (χ1v) is 6.35. The fourth-order valence-corrected chi connectivity index (χ4v) is 2.27. The zero-order valence-electron chi connectivity index (χ0n) is 11.0. The molecule has 1 aliphatic rings. The number of piperidine rings is 1. The van der Waals surface area contributed by atoms with Crippen molar-refractivity contribution in [2.75, 3.05) is 20.2 Å². The highest BCUT2D eigenvalue weighted by atomic mass is 16.5. The Hall–Kier alpha value is -1.88. The average Bonchev–Trinajstić information content (AvgIpc) is 2.45. The van der Waals surface area contributed by atoms with E-state index in [1.807, 2.05) is 0 Å². The summed E-state index contributed by atoms with van der Waals surface area (Å²) in [5, 5.41) is 0. The molecule has 1 aliphatic heterocycles. The number of amides is 1. The molecule has 0 saturated carbocycles. The van der Waals surface area contributed by atoms with Gasteiger partial charge >= 0.3 is 5.97 Å². The van der Waals surface area contributed by atoms with Crippen molar-refractivity contribution in [2.24, 2.45) is 5.73 Å². The van der Waals surface area contributed by atoms with Crippen LogP contribution in [-0.4, -0.2) is 43.0 Å². The number of hydrogen-bond donors (Lipinski definition) is 1. The van der Waals surface area contributed by atoms with Crippen LogP contribution in [0.15, 0.2) is 24.3 Å². The van der Waals surface area contributed by atoms with E-state index in [9.17, 15) is 9.59 Å². The van der Waals surface area contributed by atoms with Gasteiger partial charge in [0.2, 0.25) is 0 Å². The summed E-state index contributed by atoms with van der Waals surface area (Å²) in [5.74, 6) is -0.522. The number of likely N-dealkylation sites (tertiary alicyclic amines) is 1. The van der Waals surface area contributed by atoms with Gasteiger partial charge in [-0.15, -0.1) is 0 Å². The Morgan fingerprint density at radius 2 is 2.11 bits per heavy atom. The van der Waals surface area contributed by atoms with Crippen LogP contribution >= 0.6 is 0 Å². The molecule has 2 rings (SSSR count). The molecule has 0 spiro atoms. The molecule has 0 radical (unpaired) electrons. The molecule has 5 heteroatoms. The first-order valence-electron chi connectivity index (χ1n) is 6.35. The minimum Gasteiger partial charge on any atom is -0.465 e. The number of methoxy groups -OCH3 is 1. The third kappa shape index (κ3) is 3.12. The second kappa shape index (κ2) is 5.84. The summed E-state index contributed by atoms with van der Waals surface area (Å²) in [6.07, 6.45) is 1.87. The SMILES string of the molecule is COC(=O)c1cccc(C(=O)N2CCC[C@H](N)C2)c1. The fraction of sp³-hybridized carbons (Fsp3) is 0.429. The average molecular weight is 262 g/mol. The largest absolute Gasteiger partial charge is 0.465 e. The van der Waals surface area contributed by atoms with Gasteiger partial charge in [0.25, 0.3) is 5.91 Å². The van der Waals surface area contributed by atoms with Crippen molar-refractivity contribution in [3.63, 3.8) is 0 Å². The first-order chi connectivity index (χ1) is 9.11. The van der Waals surface area contributed by atoms with Gasteiger partial charge in [-0.1, -0.05) is 6.07 Å². The summed E-state index contributed by atoms with van der Waals surface area (Å²) >= 11 is 0. The number of nitrogens with zero attached hydrogens (tertiary/aromatic N) is 1. The van der Waals surface area contributed by atoms with E-state index in [0.29, 0.717) is 17.7 Å². The van der Waals surface area contributed by atoms with Crippen molar-refractivity contribution in [1.82, 2.24) is 4.90 Å². The minimum absolute atomic E-state index is 0.0430. The minimum atomic E-state index is -0.440. The zero-order chi connectivity index (χ0) is 13.8. The van der Waals surface area contributed by atoms with E-state index >= 15 is 0 Å². The van der Waals surface area contributed by atoms with Crippen molar-refractivity contribution < 1.29 is 14.3 Å². The Balaban J connectivity index is 2.16. The molecule has 1 fully saturated rings. The van der Waals surface area contributed by atoms with E-state index in [4.69, 9.17) is 5.73 Å². The fourth-order valence-electron chi connectivity index (χ4n) is 2.27. The number of hydrogen-bond acceptors (Lipinski definition) is 4. The summed E-state index contributed by atoms with van der Waals surface area (Å²) in [4.78, 5) is 25.5. The van der Waals surface area contributed by atoms with E-state index in [1.165, 1.54) is 7.11 Å². The lowest BCUT2D eigenvalue weighted by molar-refractivity contribution is 0.0600. The Morgan fingerprint density at radius 3 is 2.79 bits per heavy atom. The van der Waals surface area contributed by atoms with Gasteiger partial charge < -0.3 is 15.4 Å². The van der Waals surface area contributed by atoms with Gasteiger partial charge in [0.05, 0.1) is 12.7 Å². The third-order valence-corrected chi connectivity index (χ3v) is 3.28. The molecule has 102 valence electrons. The van der Waals surface area contributed by atoms with E-state index < -0.39 is 5.97 Å². The summed E-state index contributed by atoms with van der Waals surface area (Å²) in [6, 6.07) is 6.62. The smallest absolute Gasteiger partial charge is 0.337 e. The normalized spacial score (nSPS) is 19.1. The van der Waals surface area contributed by atoms with Crippen molar-refractivity contribution in [2.45, 2.75) is 18.9 Å². The molecular formula is C14H18N2O3. The molecule has 5 nitrogen and oxygen atoms in total. The lowest BCUT2D eigenvalue weighted by Gasteiger charge is -2.30. The van der Waals surface area contributed by atoms with Crippen LogP contribution in [-0.2, 0) is 4.74 Å². The topological polar surface area (TPSA) is 72.6 Å². The molecule has 1 atom stereocenters. The molecule has 1 aromatic carbocycles. The lowest BCUT2D eigenvalue weighted by atomic mass is 10.0. The highest BCUT2D eigenvalue weighted by Gasteiger charge is 2.22.